The molecular formula is C17H18N4O3. The number of pyridine rings is 1. The van der Waals surface area contributed by atoms with Gasteiger partial charge in [0.2, 0.25) is 0 Å². The number of fused-ring (bicyclic) bond motifs is 1. The normalized spacial score (nSPS) is 20.0. The molecule has 124 valence electrons. The van der Waals surface area contributed by atoms with Crippen molar-refractivity contribution in [3.8, 4) is 11.5 Å². The van der Waals surface area contributed by atoms with E-state index in [-0.39, 0.29) is 17.6 Å². The lowest BCUT2D eigenvalue weighted by atomic mass is 10.1. The van der Waals surface area contributed by atoms with Crippen molar-refractivity contribution in [1.82, 2.24) is 19.9 Å². The van der Waals surface area contributed by atoms with Crippen molar-refractivity contribution in [2.45, 2.75) is 31.9 Å². The third-order valence-corrected chi connectivity index (χ3v) is 4.50. The Hall–Kier alpha value is -2.54. The van der Waals surface area contributed by atoms with Gasteiger partial charge in [-0.1, -0.05) is 6.07 Å². The van der Waals surface area contributed by atoms with Crippen LogP contribution in [0.15, 0.2) is 29.2 Å². The minimum Gasteiger partial charge on any atom is -0.368 e. The van der Waals surface area contributed by atoms with Crippen molar-refractivity contribution in [2.24, 2.45) is 0 Å². The predicted molar refractivity (Wildman–Crippen MR) is 86.2 cm³/mol. The summed E-state index contributed by atoms with van der Waals surface area (Å²) in [6.45, 7) is 1.51. The van der Waals surface area contributed by atoms with E-state index in [9.17, 15) is 9.59 Å². The van der Waals surface area contributed by atoms with E-state index in [4.69, 9.17) is 4.74 Å². The van der Waals surface area contributed by atoms with Crippen LogP contribution in [0.5, 0.6) is 0 Å². The minimum atomic E-state index is -0.344. The van der Waals surface area contributed by atoms with Crippen LogP contribution >= 0.6 is 0 Å². The number of hydrogen-bond acceptors (Lipinski definition) is 5. The molecule has 0 radical (unpaired) electrons. The quantitative estimate of drug-likeness (QED) is 0.886. The zero-order valence-corrected chi connectivity index (χ0v) is 13.2. The summed E-state index contributed by atoms with van der Waals surface area (Å²) in [4.78, 5) is 38.2. The molecule has 4 heterocycles. The van der Waals surface area contributed by atoms with E-state index in [2.05, 4.69) is 15.0 Å². The molecule has 7 heteroatoms. The molecule has 4 rings (SSSR count). The van der Waals surface area contributed by atoms with Gasteiger partial charge in [0, 0.05) is 24.9 Å². The molecule has 1 saturated heterocycles. The standard InChI is InChI=1S/C17H18N4O3/c22-16-11-6-8-21(17(23)14-5-3-9-24-14)10-13(11)19-15(20-16)12-4-1-2-7-18-12/h1-2,4,7,14H,3,5-6,8-10H2,(H,19,20,22)/t14-/m0/s1. The number of nitrogens with one attached hydrogen (secondary N) is 1. The predicted octanol–water partition coefficient (Wildman–Crippen LogP) is 0.896. The van der Waals surface area contributed by atoms with Crippen LogP contribution in [-0.2, 0) is 22.5 Å². The van der Waals surface area contributed by atoms with Crippen LogP contribution < -0.4 is 5.56 Å². The summed E-state index contributed by atoms with van der Waals surface area (Å²) in [5.74, 6) is 0.436. The maximum Gasteiger partial charge on any atom is 0.254 e. The maximum absolute atomic E-state index is 12.5. The van der Waals surface area contributed by atoms with E-state index >= 15 is 0 Å². The van der Waals surface area contributed by atoms with Crippen LogP contribution in [0, 0.1) is 0 Å². The van der Waals surface area contributed by atoms with Crippen molar-refractivity contribution in [2.75, 3.05) is 13.2 Å². The summed E-state index contributed by atoms with van der Waals surface area (Å²) in [6.07, 6.45) is 3.51. The summed E-state index contributed by atoms with van der Waals surface area (Å²) < 4.78 is 5.48. The Morgan fingerprint density at radius 3 is 3.04 bits per heavy atom. The number of carbonyl (C=O) groups excluding carboxylic acids is 1. The Morgan fingerprint density at radius 2 is 2.29 bits per heavy atom. The molecule has 24 heavy (non-hydrogen) atoms. The molecule has 0 bridgehead atoms. The van der Waals surface area contributed by atoms with Gasteiger partial charge in [-0.25, -0.2) is 4.98 Å². The SMILES string of the molecule is O=C([C@@H]1CCCO1)N1CCc2c(nc(-c3ccccn3)[nH]c2=O)C1. The zero-order valence-electron chi connectivity index (χ0n) is 13.2. The van der Waals surface area contributed by atoms with Crippen LogP contribution in [0.4, 0.5) is 0 Å². The average Bonchev–Trinajstić information content (AvgIpc) is 3.16. The number of H-pyrrole nitrogens is 1. The largest absolute Gasteiger partial charge is 0.368 e. The lowest BCUT2D eigenvalue weighted by Gasteiger charge is -2.29. The number of rotatable bonds is 2. The van der Waals surface area contributed by atoms with E-state index in [1.54, 1.807) is 17.2 Å². The van der Waals surface area contributed by atoms with Crippen LogP contribution in [0.3, 0.4) is 0 Å². The molecule has 0 unspecified atom stereocenters. The van der Waals surface area contributed by atoms with Crippen molar-refractivity contribution < 1.29 is 9.53 Å². The van der Waals surface area contributed by atoms with Crippen molar-refractivity contribution in [1.29, 1.82) is 0 Å². The molecular weight excluding hydrogens is 308 g/mol. The highest BCUT2D eigenvalue weighted by Crippen LogP contribution is 2.21. The summed E-state index contributed by atoms with van der Waals surface area (Å²) in [5.41, 5.74) is 1.77. The minimum absolute atomic E-state index is 0.000354. The van der Waals surface area contributed by atoms with Crippen LogP contribution in [-0.4, -0.2) is 45.0 Å². The number of amides is 1. The number of aromatic nitrogens is 3. The van der Waals surface area contributed by atoms with Crippen LogP contribution in [0.2, 0.25) is 0 Å². The second kappa shape index (κ2) is 6.16. The molecule has 1 fully saturated rings. The van der Waals surface area contributed by atoms with Gasteiger partial charge in [-0.3, -0.25) is 14.6 Å². The van der Waals surface area contributed by atoms with Gasteiger partial charge >= 0.3 is 0 Å². The van der Waals surface area contributed by atoms with E-state index in [1.807, 2.05) is 12.1 Å². The fourth-order valence-electron chi connectivity index (χ4n) is 3.23. The number of ether oxygens (including phenoxy) is 1. The Bertz CT molecular complexity index is 812. The third-order valence-electron chi connectivity index (χ3n) is 4.50. The molecule has 0 aliphatic carbocycles. The molecule has 1 N–H and O–H groups in total. The van der Waals surface area contributed by atoms with Gasteiger partial charge in [0.05, 0.1) is 12.2 Å². The van der Waals surface area contributed by atoms with Gasteiger partial charge in [0.15, 0.2) is 5.82 Å². The molecule has 0 saturated carbocycles. The van der Waals surface area contributed by atoms with E-state index < -0.39 is 0 Å². The molecule has 2 aromatic heterocycles. The number of hydrogen-bond donors (Lipinski definition) is 1. The molecule has 0 aromatic carbocycles. The Kier molecular flexibility index (Phi) is 3.86. The molecule has 2 aliphatic heterocycles. The molecule has 0 spiro atoms. The number of nitrogens with zero attached hydrogens (tertiary/aromatic N) is 3. The summed E-state index contributed by atoms with van der Waals surface area (Å²) in [6, 6.07) is 5.44. The fourth-order valence-corrected chi connectivity index (χ4v) is 3.23. The Morgan fingerprint density at radius 1 is 1.38 bits per heavy atom. The highest BCUT2D eigenvalue weighted by atomic mass is 16.5. The topological polar surface area (TPSA) is 88.2 Å². The zero-order chi connectivity index (χ0) is 16.5. The summed E-state index contributed by atoms with van der Waals surface area (Å²) in [7, 11) is 0. The average molecular weight is 326 g/mol. The first kappa shape index (κ1) is 15.0. The first-order chi connectivity index (χ1) is 11.7. The highest BCUT2D eigenvalue weighted by Gasteiger charge is 2.31. The molecule has 1 amide bonds. The second-order valence-electron chi connectivity index (χ2n) is 6.07. The molecule has 7 nitrogen and oxygen atoms in total. The highest BCUT2D eigenvalue weighted by molar-refractivity contribution is 5.81. The Balaban J connectivity index is 1.63. The molecule has 2 aliphatic rings. The molecule has 2 aromatic rings. The van der Waals surface area contributed by atoms with E-state index in [0.29, 0.717) is 48.9 Å². The fraction of sp³-hybridized carbons (Fsp3) is 0.412. The first-order valence-corrected chi connectivity index (χ1v) is 8.16. The van der Waals surface area contributed by atoms with Crippen molar-refractivity contribution in [3.05, 3.63) is 46.0 Å². The van der Waals surface area contributed by atoms with Gasteiger partial charge in [0.25, 0.3) is 11.5 Å². The van der Waals surface area contributed by atoms with Gasteiger partial charge in [-0.2, -0.15) is 0 Å². The lowest BCUT2D eigenvalue weighted by molar-refractivity contribution is -0.141. The van der Waals surface area contributed by atoms with Gasteiger partial charge < -0.3 is 14.6 Å². The van der Waals surface area contributed by atoms with E-state index in [1.165, 1.54) is 0 Å². The number of carbonyl (C=O) groups is 1. The van der Waals surface area contributed by atoms with E-state index in [0.717, 1.165) is 12.8 Å². The third kappa shape index (κ3) is 2.71. The summed E-state index contributed by atoms with van der Waals surface area (Å²) >= 11 is 0. The number of aromatic amines is 1. The molecule has 1 atom stereocenters. The first-order valence-electron chi connectivity index (χ1n) is 8.16. The Labute approximate surface area is 138 Å². The lowest BCUT2D eigenvalue weighted by Crippen LogP contribution is -2.43. The smallest absolute Gasteiger partial charge is 0.254 e. The second-order valence-corrected chi connectivity index (χ2v) is 6.07. The van der Waals surface area contributed by atoms with Crippen molar-refractivity contribution >= 4 is 5.91 Å². The maximum atomic E-state index is 12.5. The van der Waals surface area contributed by atoms with Gasteiger partial charge in [-0.05, 0) is 31.4 Å². The monoisotopic (exact) mass is 326 g/mol. The van der Waals surface area contributed by atoms with Gasteiger partial charge in [0.1, 0.15) is 11.8 Å². The van der Waals surface area contributed by atoms with Crippen LogP contribution in [0.1, 0.15) is 24.1 Å². The summed E-state index contributed by atoms with van der Waals surface area (Å²) in [5, 5.41) is 0. The van der Waals surface area contributed by atoms with Gasteiger partial charge in [-0.15, -0.1) is 0 Å². The van der Waals surface area contributed by atoms with Crippen molar-refractivity contribution in [3.63, 3.8) is 0 Å². The van der Waals surface area contributed by atoms with Crippen LogP contribution in [0.25, 0.3) is 11.5 Å².